The Labute approximate surface area is 119 Å². The molecule has 1 unspecified atom stereocenters. The lowest BCUT2D eigenvalue weighted by molar-refractivity contribution is 0.378. The third kappa shape index (κ3) is 5.88. The molecule has 18 heavy (non-hydrogen) atoms. The molecule has 1 rings (SSSR count). The second-order valence-electron chi connectivity index (χ2n) is 5.63. The van der Waals surface area contributed by atoms with Gasteiger partial charge in [0.15, 0.2) is 0 Å². The average Bonchev–Trinajstić information content (AvgIpc) is 2.28. The van der Waals surface area contributed by atoms with Crippen molar-refractivity contribution in [2.75, 3.05) is 0 Å². The molecule has 2 N–H and O–H groups in total. The summed E-state index contributed by atoms with van der Waals surface area (Å²) in [6.07, 6.45) is 6.45. The van der Waals surface area contributed by atoms with Crippen LogP contribution in [0, 0.1) is 0 Å². The van der Waals surface area contributed by atoms with Gasteiger partial charge in [-0.25, -0.2) is 0 Å². The second kappa shape index (κ2) is 8.55. The van der Waals surface area contributed by atoms with Crippen molar-refractivity contribution >= 4 is 12.4 Å². The fraction of sp³-hybridized carbons (Fsp3) is 0.625. The molecule has 1 atom stereocenters. The maximum atomic E-state index is 6.33. The predicted molar refractivity (Wildman–Crippen MR) is 83.5 cm³/mol. The molecule has 0 bridgehead atoms. The molecule has 0 aliphatic heterocycles. The molecule has 0 spiro atoms. The monoisotopic (exact) mass is 269 g/mol. The lowest BCUT2D eigenvalue weighted by atomic mass is 9.79. The Morgan fingerprint density at radius 3 is 2.17 bits per heavy atom. The largest absolute Gasteiger partial charge is 0.325 e. The van der Waals surface area contributed by atoms with Crippen LogP contribution in [0.4, 0.5) is 0 Å². The van der Waals surface area contributed by atoms with Gasteiger partial charge < -0.3 is 5.73 Å². The standard InChI is InChI=1S/C16H27N.ClH/c1-4-5-6-10-13-15(16(2,3)17)14-11-8-7-9-12-14;/h7-9,11-12,15H,4-6,10,13,17H2,1-3H3;1H. The van der Waals surface area contributed by atoms with E-state index in [4.69, 9.17) is 5.73 Å². The number of hydrogen-bond donors (Lipinski definition) is 1. The molecule has 0 saturated carbocycles. The molecule has 0 aliphatic rings. The van der Waals surface area contributed by atoms with Crippen LogP contribution in [0.2, 0.25) is 0 Å². The van der Waals surface area contributed by atoms with Crippen molar-refractivity contribution in [1.29, 1.82) is 0 Å². The Morgan fingerprint density at radius 2 is 1.67 bits per heavy atom. The quantitative estimate of drug-likeness (QED) is 0.700. The van der Waals surface area contributed by atoms with E-state index in [1.54, 1.807) is 0 Å². The summed E-state index contributed by atoms with van der Waals surface area (Å²) in [5, 5.41) is 0. The van der Waals surface area contributed by atoms with Gasteiger partial charge in [0.25, 0.3) is 0 Å². The lowest BCUT2D eigenvalue weighted by Crippen LogP contribution is -2.39. The fourth-order valence-electron chi connectivity index (χ4n) is 2.43. The minimum Gasteiger partial charge on any atom is -0.325 e. The van der Waals surface area contributed by atoms with Gasteiger partial charge in [-0.1, -0.05) is 62.9 Å². The Hall–Kier alpha value is -0.530. The summed E-state index contributed by atoms with van der Waals surface area (Å²) >= 11 is 0. The first-order valence-electron chi connectivity index (χ1n) is 6.89. The van der Waals surface area contributed by atoms with E-state index < -0.39 is 0 Å². The Kier molecular flexibility index (Phi) is 8.30. The molecule has 1 nitrogen and oxygen atoms in total. The summed E-state index contributed by atoms with van der Waals surface area (Å²) in [6.45, 7) is 6.54. The van der Waals surface area contributed by atoms with E-state index in [-0.39, 0.29) is 17.9 Å². The summed E-state index contributed by atoms with van der Waals surface area (Å²) in [6, 6.07) is 10.7. The first kappa shape index (κ1) is 17.5. The van der Waals surface area contributed by atoms with Crippen molar-refractivity contribution in [2.45, 2.75) is 64.3 Å². The second-order valence-corrected chi connectivity index (χ2v) is 5.63. The van der Waals surface area contributed by atoms with Crippen LogP contribution in [0.15, 0.2) is 30.3 Å². The van der Waals surface area contributed by atoms with E-state index in [1.807, 2.05) is 0 Å². The highest BCUT2D eigenvalue weighted by atomic mass is 35.5. The van der Waals surface area contributed by atoms with Crippen LogP contribution < -0.4 is 5.73 Å². The Balaban J connectivity index is 0.00000289. The highest BCUT2D eigenvalue weighted by molar-refractivity contribution is 5.85. The molecule has 0 saturated heterocycles. The smallest absolute Gasteiger partial charge is 0.0166 e. The molecular formula is C16H28ClN. The van der Waals surface area contributed by atoms with Gasteiger partial charge in [0.1, 0.15) is 0 Å². The van der Waals surface area contributed by atoms with Crippen LogP contribution in [0.25, 0.3) is 0 Å². The fourth-order valence-corrected chi connectivity index (χ4v) is 2.43. The van der Waals surface area contributed by atoms with Gasteiger partial charge in [0, 0.05) is 11.5 Å². The van der Waals surface area contributed by atoms with Gasteiger partial charge in [-0.3, -0.25) is 0 Å². The number of benzene rings is 1. The van der Waals surface area contributed by atoms with Crippen LogP contribution in [0.1, 0.15) is 64.4 Å². The molecule has 0 aromatic heterocycles. The van der Waals surface area contributed by atoms with Crippen LogP contribution in [-0.4, -0.2) is 5.54 Å². The van der Waals surface area contributed by atoms with E-state index >= 15 is 0 Å². The molecule has 104 valence electrons. The Morgan fingerprint density at radius 1 is 1.06 bits per heavy atom. The number of unbranched alkanes of at least 4 members (excludes halogenated alkanes) is 3. The van der Waals surface area contributed by atoms with E-state index in [9.17, 15) is 0 Å². The summed E-state index contributed by atoms with van der Waals surface area (Å²) in [5.41, 5.74) is 7.58. The topological polar surface area (TPSA) is 26.0 Å². The van der Waals surface area contributed by atoms with Gasteiger partial charge in [-0.05, 0) is 25.8 Å². The van der Waals surface area contributed by atoms with Gasteiger partial charge in [-0.15, -0.1) is 12.4 Å². The SMILES string of the molecule is CCCCCCC(c1ccccc1)C(C)(C)N.Cl. The molecule has 1 aromatic carbocycles. The van der Waals surface area contributed by atoms with Crippen LogP contribution in [0.5, 0.6) is 0 Å². The first-order chi connectivity index (χ1) is 8.05. The minimum atomic E-state index is -0.131. The summed E-state index contributed by atoms with van der Waals surface area (Å²) in [5.74, 6) is 0.473. The molecule has 0 aliphatic carbocycles. The molecular weight excluding hydrogens is 242 g/mol. The number of nitrogens with two attached hydrogens (primary N) is 1. The zero-order valence-corrected chi connectivity index (χ0v) is 12.8. The first-order valence-corrected chi connectivity index (χ1v) is 6.89. The normalized spacial score (nSPS) is 12.9. The highest BCUT2D eigenvalue weighted by Gasteiger charge is 2.25. The molecule has 0 radical (unpaired) electrons. The van der Waals surface area contributed by atoms with E-state index in [0.717, 1.165) is 0 Å². The zero-order valence-electron chi connectivity index (χ0n) is 12.0. The van der Waals surface area contributed by atoms with Crippen molar-refractivity contribution in [1.82, 2.24) is 0 Å². The van der Waals surface area contributed by atoms with E-state index in [0.29, 0.717) is 5.92 Å². The molecule has 0 amide bonds. The van der Waals surface area contributed by atoms with Crippen LogP contribution in [-0.2, 0) is 0 Å². The van der Waals surface area contributed by atoms with Crippen molar-refractivity contribution < 1.29 is 0 Å². The van der Waals surface area contributed by atoms with Crippen molar-refractivity contribution in [2.24, 2.45) is 5.73 Å². The van der Waals surface area contributed by atoms with E-state index in [2.05, 4.69) is 51.1 Å². The van der Waals surface area contributed by atoms with Crippen LogP contribution in [0.3, 0.4) is 0 Å². The van der Waals surface area contributed by atoms with Gasteiger partial charge in [0.2, 0.25) is 0 Å². The minimum absolute atomic E-state index is 0. The Bertz CT molecular complexity index is 303. The molecule has 0 heterocycles. The summed E-state index contributed by atoms with van der Waals surface area (Å²) < 4.78 is 0. The summed E-state index contributed by atoms with van der Waals surface area (Å²) in [4.78, 5) is 0. The third-order valence-electron chi connectivity index (χ3n) is 3.45. The number of rotatable bonds is 7. The highest BCUT2D eigenvalue weighted by Crippen LogP contribution is 2.31. The van der Waals surface area contributed by atoms with Crippen molar-refractivity contribution in [3.05, 3.63) is 35.9 Å². The van der Waals surface area contributed by atoms with Crippen molar-refractivity contribution in [3.8, 4) is 0 Å². The third-order valence-corrected chi connectivity index (χ3v) is 3.45. The molecule has 2 heteroatoms. The average molecular weight is 270 g/mol. The molecule has 1 aromatic rings. The van der Waals surface area contributed by atoms with Crippen molar-refractivity contribution in [3.63, 3.8) is 0 Å². The van der Waals surface area contributed by atoms with Gasteiger partial charge in [-0.2, -0.15) is 0 Å². The number of hydrogen-bond acceptors (Lipinski definition) is 1. The van der Waals surface area contributed by atoms with E-state index in [1.165, 1.54) is 37.7 Å². The lowest BCUT2D eigenvalue weighted by Gasteiger charge is -2.31. The van der Waals surface area contributed by atoms with Gasteiger partial charge >= 0.3 is 0 Å². The maximum absolute atomic E-state index is 6.33. The van der Waals surface area contributed by atoms with Crippen LogP contribution >= 0.6 is 12.4 Å². The molecule has 0 fully saturated rings. The van der Waals surface area contributed by atoms with Gasteiger partial charge in [0.05, 0.1) is 0 Å². The summed E-state index contributed by atoms with van der Waals surface area (Å²) in [7, 11) is 0. The number of halogens is 1. The predicted octanol–water partition coefficient (Wildman–Crippen LogP) is 4.90. The maximum Gasteiger partial charge on any atom is 0.0166 e. The zero-order chi connectivity index (χ0) is 12.7.